The molecule has 2 aromatic carbocycles. The van der Waals surface area contributed by atoms with Crippen molar-refractivity contribution in [1.82, 2.24) is 10.2 Å². The first kappa shape index (κ1) is 20.6. The van der Waals surface area contributed by atoms with E-state index in [9.17, 15) is 14.4 Å². The maximum absolute atomic E-state index is 14.0. The van der Waals surface area contributed by atoms with E-state index in [1.165, 1.54) is 0 Å². The molecular formula is C27H29N3O3. The van der Waals surface area contributed by atoms with Crippen LogP contribution in [0.15, 0.2) is 54.6 Å². The Morgan fingerprint density at radius 1 is 0.848 bits per heavy atom. The van der Waals surface area contributed by atoms with Gasteiger partial charge in [0, 0.05) is 23.3 Å². The highest BCUT2D eigenvalue weighted by Crippen LogP contribution is 2.53. The molecule has 6 rings (SSSR count). The number of benzene rings is 2. The average molecular weight is 444 g/mol. The first-order chi connectivity index (χ1) is 16.1. The minimum atomic E-state index is -1.20. The van der Waals surface area contributed by atoms with Crippen LogP contribution >= 0.6 is 0 Å². The van der Waals surface area contributed by atoms with Crippen LogP contribution in [0.3, 0.4) is 0 Å². The van der Waals surface area contributed by atoms with Gasteiger partial charge in [-0.05, 0) is 30.9 Å². The molecule has 3 fully saturated rings. The number of likely N-dealkylation sites (tertiary alicyclic amines) is 1. The Morgan fingerprint density at radius 2 is 1.55 bits per heavy atom. The van der Waals surface area contributed by atoms with E-state index in [1.54, 1.807) is 4.90 Å². The summed E-state index contributed by atoms with van der Waals surface area (Å²) >= 11 is 0. The van der Waals surface area contributed by atoms with Gasteiger partial charge in [0.2, 0.25) is 17.7 Å². The van der Waals surface area contributed by atoms with E-state index >= 15 is 0 Å². The molecule has 0 bridgehead atoms. The lowest BCUT2D eigenvalue weighted by Crippen LogP contribution is -2.54. The number of carbonyl (C=O) groups is 3. The SMILES string of the molecule is O=C1[C@@H]2C(Cc3ccccc3)NC3(C(=O)Nc4ccccc43)[C@@H]2C(=O)N1C1CCCCCC1. The summed E-state index contributed by atoms with van der Waals surface area (Å²) in [6.07, 6.45) is 6.70. The summed E-state index contributed by atoms with van der Waals surface area (Å²) in [5.74, 6) is -1.76. The fourth-order valence-electron chi connectivity index (χ4n) is 6.70. The van der Waals surface area contributed by atoms with Crippen LogP contribution in [0.4, 0.5) is 5.69 Å². The van der Waals surface area contributed by atoms with Gasteiger partial charge in [-0.25, -0.2) is 0 Å². The second-order valence-corrected chi connectivity index (χ2v) is 9.94. The topological polar surface area (TPSA) is 78.5 Å². The fourth-order valence-corrected chi connectivity index (χ4v) is 6.70. The summed E-state index contributed by atoms with van der Waals surface area (Å²) in [5, 5.41) is 6.52. The van der Waals surface area contributed by atoms with Crippen molar-refractivity contribution in [2.45, 2.75) is 62.6 Å². The highest BCUT2D eigenvalue weighted by molar-refractivity contribution is 6.15. The molecule has 3 amide bonds. The summed E-state index contributed by atoms with van der Waals surface area (Å²) < 4.78 is 0. The van der Waals surface area contributed by atoms with Gasteiger partial charge in [0.1, 0.15) is 5.54 Å². The zero-order valence-corrected chi connectivity index (χ0v) is 18.6. The standard InChI is InChI=1S/C27H29N3O3/c31-24-22-21(16-17-10-4-3-5-11-17)29-27(19-14-8-9-15-20(19)28-26(27)33)23(22)25(32)30(24)18-12-6-1-2-7-13-18/h3-5,8-11,14-15,18,21-23,29H,1-2,6-7,12-13,16H2,(H,28,33)/t21?,22-,23+,27?/m1/s1. The van der Waals surface area contributed by atoms with Gasteiger partial charge in [0.15, 0.2) is 0 Å². The lowest BCUT2D eigenvalue weighted by Gasteiger charge is -2.32. The number of nitrogens with zero attached hydrogens (tertiary/aromatic N) is 1. The third-order valence-corrected chi connectivity index (χ3v) is 8.14. The van der Waals surface area contributed by atoms with Crippen LogP contribution < -0.4 is 10.6 Å². The van der Waals surface area contributed by atoms with E-state index in [-0.39, 0.29) is 29.8 Å². The van der Waals surface area contributed by atoms with E-state index in [4.69, 9.17) is 0 Å². The molecule has 1 spiro atoms. The first-order valence-electron chi connectivity index (χ1n) is 12.2. The molecule has 1 aliphatic carbocycles. The quantitative estimate of drug-likeness (QED) is 0.563. The van der Waals surface area contributed by atoms with Gasteiger partial charge in [0.05, 0.1) is 11.8 Å². The van der Waals surface area contributed by atoms with Crippen molar-refractivity contribution in [2.24, 2.45) is 11.8 Å². The molecule has 2 N–H and O–H groups in total. The predicted molar refractivity (Wildman–Crippen MR) is 124 cm³/mol. The molecule has 6 nitrogen and oxygen atoms in total. The Bertz CT molecular complexity index is 1110. The van der Waals surface area contributed by atoms with Crippen molar-refractivity contribution < 1.29 is 14.4 Å². The van der Waals surface area contributed by atoms with Crippen molar-refractivity contribution in [3.63, 3.8) is 0 Å². The Morgan fingerprint density at radius 3 is 2.30 bits per heavy atom. The number of anilines is 1. The van der Waals surface area contributed by atoms with Crippen LogP contribution in [0.5, 0.6) is 0 Å². The number of hydrogen-bond acceptors (Lipinski definition) is 4. The third-order valence-electron chi connectivity index (χ3n) is 8.14. The highest BCUT2D eigenvalue weighted by Gasteiger charge is 2.70. The van der Waals surface area contributed by atoms with Crippen molar-refractivity contribution in [1.29, 1.82) is 0 Å². The van der Waals surface area contributed by atoms with Crippen LogP contribution in [-0.2, 0) is 26.3 Å². The van der Waals surface area contributed by atoms with Gasteiger partial charge < -0.3 is 5.32 Å². The number of carbonyl (C=O) groups excluding carboxylic acids is 3. The van der Waals surface area contributed by atoms with Crippen molar-refractivity contribution in [3.8, 4) is 0 Å². The van der Waals surface area contributed by atoms with Crippen LogP contribution in [0.1, 0.15) is 49.7 Å². The van der Waals surface area contributed by atoms with Gasteiger partial charge in [-0.15, -0.1) is 0 Å². The summed E-state index contributed by atoms with van der Waals surface area (Å²) in [6.45, 7) is 0. The van der Waals surface area contributed by atoms with E-state index in [0.29, 0.717) is 6.42 Å². The lowest BCUT2D eigenvalue weighted by atomic mass is 9.76. The van der Waals surface area contributed by atoms with Crippen LogP contribution in [0.25, 0.3) is 0 Å². The van der Waals surface area contributed by atoms with Crippen LogP contribution in [0, 0.1) is 11.8 Å². The molecule has 3 heterocycles. The van der Waals surface area contributed by atoms with Gasteiger partial charge >= 0.3 is 0 Å². The van der Waals surface area contributed by atoms with Gasteiger partial charge in [-0.3, -0.25) is 24.6 Å². The second kappa shape index (κ2) is 7.80. The monoisotopic (exact) mass is 443 g/mol. The Labute approximate surface area is 193 Å². The molecule has 33 heavy (non-hydrogen) atoms. The van der Waals surface area contributed by atoms with E-state index in [1.807, 2.05) is 54.6 Å². The minimum Gasteiger partial charge on any atom is -0.324 e. The zero-order chi connectivity index (χ0) is 22.6. The fraction of sp³-hybridized carbons (Fsp3) is 0.444. The summed E-state index contributed by atoms with van der Waals surface area (Å²) in [6, 6.07) is 17.2. The maximum Gasteiger partial charge on any atom is 0.250 e. The number of nitrogens with one attached hydrogen (secondary N) is 2. The Kier molecular flexibility index (Phi) is 4.87. The molecule has 2 saturated heterocycles. The Hall–Kier alpha value is -2.99. The van der Waals surface area contributed by atoms with Gasteiger partial charge in [-0.2, -0.15) is 0 Å². The smallest absolute Gasteiger partial charge is 0.250 e. The predicted octanol–water partition coefficient (Wildman–Crippen LogP) is 3.37. The molecule has 2 aromatic rings. The van der Waals surface area contributed by atoms with E-state index in [2.05, 4.69) is 10.6 Å². The van der Waals surface area contributed by atoms with Crippen molar-refractivity contribution in [2.75, 3.05) is 5.32 Å². The zero-order valence-electron chi connectivity index (χ0n) is 18.6. The largest absolute Gasteiger partial charge is 0.324 e. The number of para-hydroxylation sites is 1. The van der Waals surface area contributed by atoms with E-state index in [0.717, 1.165) is 55.3 Å². The minimum absolute atomic E-state index is 0.0489. The second-order valence-electron chi connectivity index (χ2n) is 9.94. The number of imide groups is 1. The average Bonchev–Trinajstić information content (AvgIpc) is 3.28. The normalized spacial score (nSPS) is 31.6. The number of amides is 3. The molecular weight excluding hydrogens is 414 g/mol. The van der Waals surface area contributed by atoms with Crippen molar-refractivity contribution in [3.05, 3.63) is 65.7 Å². The molecule has 4 aliphatic rings. The van der Waals surface area contributed by atoms with Gasteiger partial charge in [-0.1, -0.05) is 74.2 Å². The number of fused-ring (bicyclic) bond motifs is 4. The van der Waals surface area contributed by atoms with Crippen LogP contribution in [0.2, 0.25) is 0 Å². The third kappa shape index (κ3) is 3.00. The molecule has 2 unspecified atom stereocenters. The first-order valence-corrected chi connectivity index (χ1v) is 12.2. The van der Waals surface area contributed by atoms with E-state index < -0.39 is 17.4 Å². The van der Waals surface area contributed by atoms with Crippen molar-refractivity contribution >= 4 is 23.4 Å². The lowest BCUT2D eigenvalue weighted by molar-refractivity contribution is -0.145. The molecule has 1 saturated carbocycles. The van der Waals surface area contributed by atoms with Crippen LogP contribution in [-0.4, -0.2) is 34.7 Å². The maximum atomic E-state index is 14.0. The molecule has 0 aromatic heterocycles. The number of hydrogen-bond donors (Lipinski definition) is 2. The molecule has 4 atom stereocenters. The summed E-state index contributed by atoms with van der Waals surface area (Å²) in [5.41, 5.74) is 1.39. The highest BCUT2D eigenvalue weighted by atomic mass is 16.2. The summed E-state index contributed by atoms with van der Waals surface area (Å²) in [4.78, 5) is 43.0. The molecule has 6 heteroatoms. The number of rotatable bonds is 3. The molecule has 0 radical (unpaired) electrons. The summed E-state index contributed by atoms with van der Waals surface area (Å²) in [7, 11) is 0. The Balaban J connectivity index is 1.45. The molecule has 170 valence electrons. The molecule has 3 aliphatic heterocycles. The van der Waals surface area contributed by atoms with Gasteiger partial charge in [0.25, 0.3) is 0 Å².